The van der Waals surface area contributed by atoms with Crippen LogP contribution in [0.2, 0.25) is 0 Å². The third-order valence-corrected chi connectivity index (χ3v) is 5.36. The van der Waals surface area contributed by atoms with Crippen LogP contribution in [0.3, 0.4) is 0 Å². The van der Waals surface area contributed by atoms with Crippen LogP contribution in [-0.2, 0) is 0 Å². The smallest absolute Gasteiger partial charge is 0.270 e. The highest BCUT2D eigenvalue weighted by Gasteiger charge is 2.18. The Labute approximate surface area is 163 Å². The first kappa shape index (κ1) is 18.8. The van der Waals surface area contributed by atoms with Gasteiger partial charge in [0.2, 0.25) is 0 Å². The van der Waals surface area contributed by atoms with Gasteiger partial charge in [0, 0.05) is 42.5 Å². The second kappa shape index (κ2) is 8.14. The van der Waals surface area contributed by atoms with Gasteiger partial charge in [0.15, 0.2) is 4.34 Å². The zero-order valence-electron chi connectivity index (χ0n) is 14.4. The number of nitro benzene ring substituents is 1. The van der Waals surface area contributed by atoms with Gasteiger partial charge in [0.25, 0.3) is 11.6 Å². The Morgan fingerprint density at radius 3 is 2.56 bits per heavy atom. The molecule has 10 heteroatoms. The van der Waals surface area contributed by atoms with Gasteiger partial charge in [-0.3, -0.25) is 14.9 Å². The molecular weight excluding hydrogens is 386 g/mol. The van der Waals surface area contributed by atoms with E-state index >= 15 is 0 Å². The third kappa shape index (κ3) is 4.60. The normalized spacial score (nSPS) is 10.4. The first-order valence-corrected chi connectivity index (χ1v) is 9.45. The number of nitro groups is 1. The average molecular weight is 401 g/mol. The lowest BCUT2D eigenvalue weighted by atomic mass is 10.1. The van der Waals surface area contributed by atoms with E-state index < -0.39 is 10.8 Å². The number of amides is 1. The number of nitrogens with one attached hydrogen (secondary N) is 1. The van der Waals surface area contributed by atoms with Crippen molar-refractivity contribution in [3.8, 4) is 0 Å². The molecule has 1 N–H and O–H groups in total. The summed E-state index contributed by atoms with van der Waals surface area (Å²) >= 11 is 2.93. The van der Waals surface area contributed by atoms with E-state index in [2.05, 4.69) is 15.5 Å². The van der Waals surface area contributed by atoms with Gasteiger partial charge < -0.3 is 10.2 Å². The number of carbonyl (C=O) groups excluding carboxylic acids is 1. The van der Waals surface area contributed by atoms with Gasteiger partial charge in [-0.1, -0.05) is 23.1 Å². The van der Waals surface area contributed by atoms with Crippen molar-refractivity contribution in [2.45, 2.75) is 9.24 Å². The predicted molar refractivity (Wildman–Crippen MR) is 106 cm³/mol. The fraction of sp³-hybridized carbons (Fsp3) is 0.118. The molecule has 0 bridgehead atoms. The summed E-state index contributed by atoms with van der Waals surface area (Å²) < 4.78 is 0.832. The van der Waals surface area contributed by atoms with Gasteiger partial charge in [0.1, 0.15) is 5.51 Å². The molecule has 1 amide bonds. The van der Waals surface area contributed by atoms with Crippen LogP contribution in [-0.4, -0.2) is 35.1 Å². The molecule has 0 atom stereocenters. The quantitative estimate of drug-likeness (QED) is 0.493. The summed E-state index contributed by atoms with van der Waals surface area (Å²) in [6, 6.07) is 11.5. The number of hydrogen-bond acceptors (Lipinski definition) is 8. The van der Waals surface area contributed by atoms with Gasteiger partial charge in [-0.05, 0) is 30.3 Å². The third-order valence-electron chi connectivity index (χ3n) is 3.57. The molecule has 3 aromatic rings. The van der Waals surface area contributed by atoms with Gasteiger partial charge in [0.05, 0.1) is 10.5 Å². The minimum absolute atomic E-state index is 0.130. The molecule has 0 unspecified atom stereocenters. The maximum Gasteiger partial charge on any atom is 0.270 e. The Morgan fingerprint density at radius 1 is 1.22 bits per heavy atom. The molecule has 27 heavy (non-hydrogen) atoms. The van der Waals surface area contributed by atoms with E-state index in [9.17, 15) is 14.9 Å². The molecule has 8 nitrogen and oxygen atoms in total. The van der Waals surface area contributed by atoms with Crippen molar-refractivity contribution < 1.29 is 9.72 Å². The number of aromatic nitrogens is 2. The standard InChI is InChI=1S/C17H15N5O3S2/c1-21(2)15-8-5-12(22(24)25)9-14(15)16(23)19-11-3-6-13(7-4-11)27-17-20-18-10-26-17/h3-10H,1-2H3,(H,19,23). The van der Waals surface area contributed by atoms with Crippen LogP contribution in [0.1, 0.15) is 10.4 Å². The number of non-ortho nitro benzene ring substituents is 1. The van der Waals surface area contributed by atoms with E-state index in [0.29, 0.717) is 11.4 Å². The van der Waals surface area contributed by atoms with Crippen molar-refractivity contribution >= 4 is 46.1 Å². The summed E-state index contributed by atoms with van der Waals surface area (Å²) in [6.45, 7) is 0. The van der Waals surface area contributed by atoms with Crippen LogP contribution in [0, 0.1) is 10.1 Å². The van der Waals surface area contributed by atoms with E-state index in [1.54, 1.807) is 42.7 Å². The predicted octanol–water partition coefficient (Wildman–Crippen LogP) is 3.92. The molecule has 0 spiro atoms. The van der Waals surface area contributed by atoms with Crippen molar-refractivity contribution in [1.82, 2.24) is 10.2 Å². The Bertz CT molecular complexity index is 959. The van der Waals surface area contributed by atoms with Crippen LogP contribution in [0.15, 0.2) is 57.2 Å². The monoisotopic (exact) mass is 401 g/mol. The lowest BCUT2D eigenvalue weighted by Crippen LogP contribution is -2.18. The lowest BCUT2D eigenvalue weighted by molar-refractivity contribution is -0.384. The highest BCUT2D eigenvalue weighted by Crippen LogP contribution is 2.30. The molecule has 1 heterocycles. The summed E-state index contributed by atoms with van der Waals surface area (Å²) in [7, 11) is 3.55. The SMILES string of the molecule is CN(C)c1ccc([N+](=O)[O-])cc1C(=O)Nc1ccc(Sc2nncs2)cc1. The summed E-state index contributed by atoms with van der Waals surface area (Å²) in [6.07, 6.45) is 0. The van der Waals surface area contributed by atoms with E-state index in [1.165, 1.54) is 35.2 Å². The minimum atomic E-state index is -0.518. The van der Waals surface area contributed by atoms with Crippen molar-refractivity contribution in [2.24, 2.45) is 0 Å². The molecule has 0 fully saturated rings. The molecule has 2 aromatic carbocycles. The number of carbonyl (C=O) groups is 1. The summed E-state index contributed by atoms with van der Waals surface area (Å²) in [5, 5.41) is 21.6. The highest BCUT2D eigenvalue weighted by atomic mass is 32.2. The van der Waals surface area contributed by atoms with Crippen LogP contribution < -0.4 is 10.2 Å². The second-order valence-corrected chi connectivity index (χ2v) is 7.79. The van der Waals surface area contributed by atoms with E-state index in [0.717, 1.165) is 9.24 Å². The van der Waals surface area contributed by atoms with Crippen molar-refractivity contribution in [3.05, 3.63) is 63.7 Å². The number of anilines is 2. The van der Waals surface area contributed by atoms with Crippen LogP contribution in [0.5, 0.6) is 0 Å². The average Bonchev–Trinajstić information content (AvgIpc) is 3.15. The molecule has 0 aliphatic carbocycles. The topological polar surface area (TPSA) is 101 Å². The van der Waals surface area contributed by atoms with Gasteiger partial charge >= 0.3 is 0 Å². The first-order valence-electron chi connectivity index (χ1n) is 7.75. The molecule has 0 saturated heterocycles. The minimum Gasteiger partial charge on any atom is -0.377 e. The summed E-state index contributed by atoms with van der Waals surface area (Å²) in [5.41, 5.74) is 2.97. The Balaban J connectivity index is 1.78. The van der Waals surface area contributed by atoms with Gasteiger partial charge in [-0.25, -0.2) is 0 Å². The molecule has 0 aliphatic rings. The Kier molecular flexibility index (Phi) is 5.67. The van der Waals surface area contributed by atoms with E-state index in [4.69, 9.17) is 0 Å². The maximum atomic E-state index is 12.7. The zero-order valence-corrected chi connectivity index (χ0v) is 16.1. The van der Waals surface area contributed by atoms with Crippen LogP contribution >= 0.6 is 23.1 Å². The summed E-state index contributed by atoms with van der Waals surface area (Å²) in [4.78, 5) is 25.9. The fourth-order valence-electron chi connectivity index (χ4n) is 2.32. The molecule has 0 saturated carbocycles. The van der Waals surface area contributed by atoms with E-state index in [-0.39, 0.29) is 11.3 Å². The number of rotatable bonds is 6. The van der Waals surface area contributed by atoms with Crippen molar-refractivity contribution in [3.63, 3.8) is 0 Å². The molecule has 3 rings (SSSR count). The molecule has 0 radical (unpaired) electrons. The Hall–Kier alpha value is -2.98. The van der Waals surface area contributed by atoms with E-state index in [1.807, 2.05) is 12.1 Å². The van der Waals surface area contributed by atoms with Gasteiger partial charge in [-0.2, -0.15) is 0 Å². The zero-order chi connectivity index (χ0) is 19.4. The second-order valence-electron chi connectivity index (χ2n) is 5.64. The summed E-state index contributed by atoms with van der Waals surface area (Å²) in [5.74, 6) is -0.410. The maximum absolute atomic E-state index is 12.7. The van der Waals surface area contributed by atoms with Crippen LogP contribution in [0.4, 0.5) is 17.1 Å². The fourth-order valence-corrected chi connectivity index (χ4v) is 3.77. The molecule has 0 aliphatic heterocycles. The molecule has 1 aromatic heterocycles. The van der Waals surface area contributed by atoms with Crippen LogP contribution in [0.25, 0.3) is 0 Å². The Morgan fingerprint density at radius 2 is 1.96 bits per heavy atom. The number of benzene rings is 2. The number of hydrogen-bond donors (Lipinski definition) is 1. The highest BCUT2D eigenvalue weighted by molar-refractivity contribution is 8.01. The largest absolute Gasteiger partial charge is 0.377 e. The number of nitrogens with zero attached hydrogens (tertiary/aromatic N) is 4. The van der Waals surface area contributed by atoms with Crippen molar-refractivity contribution in [2.75, 3.05) is 24.3 Å². The first-order chi connectivity index (χ1) is 12.9. The van der Waals surface area contributed by atoms with Crippen molar-refractivity contribution in [1.29, 1.82) is 0 Å². The molecular formula is C17H15N5O3S2. The van der Waals surface area contributed by atoms with Gasteiger partial charge in [-0.15, -0.1) is 10.2 Å². The lowest BCUT2D eigenvalue weighted by Gasteiger charge is -2.17. The molecule has 138 valence electrons.